The second kappa shape index (κ2) is 2.06. The van der Waals surface area contributed by atoms with Crippen LogP contribution in [0.3, 0.4) is 0 Å². The average Bonchev–Trinajstić information content (AvgIpc) is 2.44. The van der Waals surface area contributed by atoms with Crippen LogP contribution in [-0.4, -0.2) is 17.5 Å². The maximum atomic E-state index is 11.1. The summed E-state index contributed by atoms with van der Waals surface area (Å²) in [4.78, 5) is 11.1. The molecule has 0 amide bonds. The Bertz CT molecular complexity index is 165. The summed E-state index contributed by atoms with van der Waals surface area (Å²) in [5, 5.41) is 8.85. The van der Waals surface area contributed by atoms with Crippen LogP contribution in [0.2, 0.25) is 0 Å². The van der Waals surface area contributed by atoms with Crippen molar-refractivity contribution in [2.45, 2.75) is 19.3 Å². The van der Waals surface area contributed by atoms with Gasteiger partial charge >= 0.3 is 0 Å². The monoisotopic (exact) mass is 140 g/mol. The van der Waals surface area contributed by atoms with Crippen molar-refractivity contribution < 1.29 is 9.90 Å². The highest BCUT2D eigenvalue weighted by Crippen LogP contribution is 2.45. The van der Waals surface area contributed by atoms with E-state index in [1.807, 2.05) is 0 Å². The van der Waals surface area contributed by atoms with Gasteiger partial charge in [0.2, 0.25) is 0 Å². The van der Waals surface area contributed by atoms with Gasteiger partial charge in [0.05, 0.1) is 0 Å². The topological polar surface area (TPSA) is 37.3 Å². The van der Waals surface area contributed by atoms with E-state index in [0.29, 0.717) is 17.6 Å². The molecule has 0 aromatic carbocycles. The Morgan fingerprint density at radius 3 is 2.70 bits per heavy atom. The Labute approximate surface area is 60.2 Å². The molecular weight excluding hydrogens is 128 g/mol. The number of Topliss-reactive ketones (excluding diaryl/α,β-unsaturated/α-hetero) is 1. The van der Waals surface area contributed by atoms with Crippen LogP contribution in [0.4, 0.5) is 0 Å². The summed E-state index contributed by atoms with van der Waals surface area (Å²) < 4.78 is 0. The van der Waals surface area contributed by atoms with Gasteiger partial charge in [-0.15, -0.1) is 0 Å². The lowest BCUT2D eigenvalue weighted by atomic mass is 9.89. The average molecular weight is 140 g/mol. The number of ketones is 1. The lowest BCUT2D eigenvalue weighted by Gasteiger charge is -2.17. The van der Waals surface area contributed by atoms with Gasteiger partial charge in [0, 0.05) is 18.9 Å². The summed E-state index contributed by atoms with van der Waals surface area (Å²) in [6, 6.07) is 0. The van der Waals surface area contributed by atoms with Crippen LogP contribution >= 0.6 is 0 Å². The third-order valence-electron chi connectivity index (χ3n) is 2.93. The third-order valence-corrected chi connectivity index (χ3v) is 2.93. The normalized spacial score (nSPS) is 44.9. The summed E-state index contributed by atoms with van der Waals surface area (Å²) in [5.41, 5.74) is 0. The van der Waals surface area contributed by atoms with E-state index < -0.39 is 0 Å². The van der Waals surface area contributed by atoms with Crippen molar-refractivity contribution in [2.75, 3.05) is 6.61 Å². The minimum absolute atomic E-state index is 0.215. The van der Waals surface area contributed by atoms with Crippen molar-refractivity contribution in [2.24, 2.45) is 17.8 Å². The number of hydrogen-bond donors (Lipinski definition) is 1. The second-order valence-electron chi connectivity index (χ2n) is 3.56. The van der Waals surface area contributed by atoms with Gasteiger partial charge in [0.1, 0.15) is 5.78 Å². The molecule has 0 radical (unpaired) electrons. The summed E-state index contributed by atoms with van der Waals surface area (Å²) in [5.74, 6) is 1.56. The summed E-state index contributed by atoms with van der Waals surface area (Å²) in [7, 11) is 0. The van der Waals surface area contributed by atoms with Gasteiger partial charge in [0.15, 0.2) is 0 Å². The maximum Gasteiger partial charge on any atom is 0.136 e. The zero-order valence-electron chi connectivity index (χ0n) is 5.92. The SMILES string of the molecule is O=C1C[C@@H]2C[C@@H](CO)[C@H]1C2. The Hall–Kier alpha value is -0.370. The molecule has 0 unspecified atom stereocenters. The number of aliphatic hydroxyl groups excluding tert-OH is 1. The van der Waals surface area contributed by atoms with E-state index in [9.17, 15) is 4.79 Å². The van der Waals surface area contributed by atoms with Gasteiger partial charge < -0.3 is 5.11 Å². The molecule has 0 aromatic rings. The number of carbonyl (C=O) groups is 1. The molecule has 2 aliphatic carbocycles. The highest BCUT2D eigenvalue weighted by Gasteiger charge is 2.44. The van der Waals surface area contributed by atoms with Crippen LogP contribution in [0, 0.1) is 17.8 Å². The fourth-order valence-corrected chi connectivity index (χ4v) is 2.44. The molecule has 2 fully saturated rings. The first-order valence-electron chi connectivity index (χ1n) is 3.95. The summed E-state index contributed by atoms with van der Waals surface area (Å²) in [6.45, 7) is 0.215. The van der Waals surface area contributed by atoms with Crippen LogP contribution in [0.25, 0.3) is 0 Å². The number of aliphatic hydroxyl groups is 1. The second-order valence-corrected chi connectivity index (χ2v) is 3.56. The van der Waals surface area contributed by atoms with Gasteiger partial charge in [-0.05, 0) is 24.7 Å². The van der Waals surface area contributed by atoms with E-state index in [-0.39, 0.29) is 12.5 Å². The first-order chi connectivity index (χ1) is 4.81. The standard InChI is InChI=1S/C8H12O2/c9-4-6-1-5-2-7(6)8(10)3-5/h5-7,9H,1-4H2/t5-,6+,7-/m1/s1. The van der Waals surface area contributed by atoms with Crippen molar-refractivity contribution in [3.8, 4) is 0 Å². The lowest BCUT2D eigenvalue weighted by molar-refractivity contribution is -0.123. The zero-order chi connectivity index (χ0) is 7.14. The highest BCUT2D eigenvalue weighted by molar-refractivity contribution is 5.84. The fourth-order valence-electron chi connectivity index (χ4n) is 2.44. The van der Waals surface area contributed by atoms with Gasteiger partial charge in [-0.1, -0.05) is 0 Å². The predicted molar refractivity (Wildman–Crippen MR) is 36.4 cm³/mol. The van der Waals surface area contributed by atoms with Crippen LogP contribution in [0.1, 0.15) is 19.3 Å². The Morgan fingerprint density at radius 1 is 1.50 bits per heavy atom. The Balaban J connectivity index is 2.12. The molecular formula is C8H12O2. The van der Waals surface area contributed by atoms with Crippen LogP contribution < -0.4 is 0 Å². The molecule has 2 heteroatoms. The largest absolute Gasteiger partial charge is 0.396 e. The number of hydrogen-bond acceptors (Lipinski definition) is 2. The molecule has 56 valence electrons. The van der Waals surface area contributed by atoms with Crippen LogP contribution in [-0.2, 0) is 4.79 Å². The quantitative estimate of drug-likeness (QED) is 0.579. The van der Waals surface area contributed by atoms with E-state index >= 15 is 0 Å². The third kappa shape index (κ3) is 0.717. The number of rotatable bonds is 1. The molecule has 2 rings (SSSR count). The maximum absolute atomic E-state index is 11.1. The van der Waals surface area contributed by atoms with Gasteiger partial charge in [-0.2, -0.15) is 0 Å². The van der Waals surface area contributed by atoms with Crippen molar-refractivity contribution >= 4 is 5.78 Å². The molecule has 10 heavy (non-hydrogen) atoms. The molecule has 0 saturated heterocycles. The number of carbonyl (C=O) groups excluding carboxylic acids is 1. The van der Waals surface area contributed by atoms with Gasteiger partial charge in [0.25, 0.3) is 0 Å². The molecule has 1 N–H and O–H groups in total. The molecule has 3 atom stereocenters. The molecule has 2 saturated carbocycles. The Kier molecular flexibility index (Phi) is 1.31. The predicted octanol–water partition coefficient (Wildman–Crippen LogP) is 0.594. The smallest absolute Gasteiger partial charge is 0.136 e. The first kappa shape index (κ1) is 6.35. The van der Waals surface area contributed by atoms with Gasteiger partial charge in [-0.25, -0.2) is 0 Å². The summed E-state index contributed by atoms with van der Waals surface area (Å²) in [6.07, 6.45) is 2.94. The first-order valence-corrected chi connectivity index (χ1v) is 3.95. The van der Waals surface area contributed by atoms with E-state index in [2.05, 4.69) is 0 Å². The highest BCUT2D eigenvalue weighted by atomic mass is 16.3. The molecule has 2 aliphatic rings. The Morgan fingerprint density at radius 2 is 2.30 bits per heavy atom. The van der Waals surface area contributed by atoms with Crippen molar-refractivity contribution in [1.29, 1.82) is 0 Å². The van der Waals surface area contributed by atoms with E-state index in [0.717, 1.165) is 19.3 Å². The summed E-state index contributed by atoms with van der Waals surface area (Å²) >= 11 is 0. The van der Waals surface area contributed by atoms with E-state index in [4.69, 9.17) is 5.11 Å². The number of fused-ring (bicyclic) bond motifs is 2. The minimum Gasteiger partial charge on any atom is -0.396 e. The fraction of sp³-hybridized carbons (Fsp3) is 0.875. The molecule has 2 bridgehead atoms. The van der Waals surface area contributed by atoms with Crippen LogP contribution in [0.5, 0.6) is 0 Å². The minimum atomic E-state index is 0.215. The van der Waals surface area contributed by atoms with Crippen molar-refractivity contribution in [3.63, 3.8) is 0 Å². The molecule has 2 nitrogen and oxygen atoms in total. The van der Waals surface area contributed by atoms with Crippen molar-refractivity contribution in [1.82, 2.24) is 0 Å². The van der Waals surface area contributed by atoms with E-state index in [1.54, 1.807) is 0 Å². The van der Waals surface area contributed by atoms with Crippen molar-refractivity contribution in [3.05, 3.63) is 0 Å². The van der Waals surface area contributed by atoms with Gasteiger partial charge in [-0.3, -0.25) is 4.79 Å². The zero-order valence-corrected chi connectivity index (χ0v) is 5.92. The van der Waals surface area contributed by atoms with E-state index in [1.165, 1.54) is 0 Å². The molecule has 0 heterocycles. The molecule has 0 aromatic heterocycles. The molecule has 0 spiro atoms. The van der Waals surface area contributed by atoms with Crippen LogP contribution in [0.15, 0.2) is 0 Å². The lowest BCUT2D eigenvalue weighted by Crippen LogP contribution is -2.22. The molecule has 0 aliphatic heterocycles.